The third-order valence-corrected chi connectivity index (χ3v) is 2.83. The van der Waals surface area contributed by atoms with E-state index in [4.69, 9.17) is 16.0 Å². The summed E-state index contributed by atoms with van der Waals surface area (Å²) in [4.78, 5) is 12.1. The maximum atomic E-state index is 5.70. The summed E-state index contributed by atoms with van der Waals surface area (Å²) in [5.74, 6) is 0. The summed E-state index contributed by atoms with van der Waals surface area (Å²) < 4.78 is 5.21. The fourth-order valence-corrected chi connectivity index (χ4v) is 1.95. The Morgan fingerprint density at radius 2 is 2.13 bits per heavy atom. The zero-order valence-corrected chi connectivity index (χ0v) is 9.76. The molecule has 0 atom stereocenters. The minimum Gasteiger partial charge on any atom is -0.439 e. The molecule has 0 aliphatic rings. The lowest BCUT2D eigenvalue weighted by atomic mass is 10.4. The van der Waals surface area contributed by atoms with Gasteiger partial charge < -0.3 is 4.42 Å². The highest BCUT2D eigenvalue weighted by atomic mass is 35.5. The number of hydrogen-bond acceptors (Lipinski definition) is 5. The molecule has 0 aliphatic heterocycles. The topological polar surface area (TPSA) is 51.8 Å². The highest BCUT2D eigenvalue weighted by molar-refractivity contribution is 7.99. The maximum Gasteiger partial charge on any atom is 0.262 e. The van der Waals surface area contributed by atoms with Gasteiger partial charge in [0.05, 0.1) is 5.69 Å². The summed E-state index contributed by atoms with van der Waals surface area (Å²) in [7, 11) is 0. The number of nitrogens with zero attached hydrogens (tertiary/aromatic N) is 3. The van der Waals surface area contributed by atoms with Crippen LogP contribution < -0.4 is 0 Å². The van der Waals surface area contributed by atoms with Crippen molar-refractivity contribution in [2.75, 3.05) is 0 Å². The van der Waals surface area contributed by atoms with E-state index in [9.17, 15) is 0 Å². The van der Waals surface area contributed by atoms with Crippen LogP contribution in [0.3, 0.4) is 0 Å². The van der Waals surface area contributed by atoms with E-state index in [0.29, 0.717) is 5.22 Å². The minimum atomic E-state index is 0.228. The second-order valence-corrected chi connectivity index (χ2v) is 4.26. The molecule has 0 aliphatic carbocycles. The molecule has 0 amide bonds. The molecule has 0 spiro atoms. The summed E-state index contributed by atoms with van der Waals surface area (Å²) in [6.45, 7) is 3.78. The van der Waals surface area contributed by atoms with Crippen LogP contribution in [0.2, 0.25) is 5.28 Å². The van der Waals surface area contributed by atoms with Crippen LogP contribution in [0.4, 0.5) is 0 Å². The average Bonchev–Trinajstić information content (AvgIpc) is 2.58. The van der Waals surface area contributed by atoms with Gasteiger partial charge in [-0.15, -0.1) is 0 Å². The van der Waals surface area contributed by atoms with Gasteiger partial charge in [-0.05, 0) is 37.2 Å². The Balaban J connectivity index is 2.27. The number of oxazole rings is 1. The largest absolute Gasteiger partial charge is 0.439 e. The number of halogens is 1. The predicted molar refractivity (Wildman–Crippen MR) is 57.1 cm³/mol. The van der Waals surface area contributed by atoms with Gasteiger partial charge in [0.25, 0.3) is 5.22 Å². The molecule has 0 aromatic carbocycles. The van der Waals surface area contributed by atoms with Gasteiger partial charge in [-0.25, -0.2) is 15.0 Å². The van der Waals surface area contributed by atoms with Gasteiger partial charge in [0.1, 0.15) is 11.3 Å². The van der Waals surface area contributed by atoms with Crippen LogP contribution in [0, 0.1) is 13.8 Å². The van der Waals surface area contributed by atoms with Crippen LogP contribution in [-0.4, -0.2) is 15.0 Å². The highest BCUT2D eigenvalue weighted by Crippen LogP contribution is 2.27. The van der Waals surface area contributed by atoms with E-state index in [-0.39, 0.29) is 5.28 Å². The van der Waals surface area contributed by atoms with Crippen molar-refractivity contribution in [3.05, 3.63) is 29.0 Å². The molecule has 2 aromatic rings. The van der Waals surface area contributed by atoms with Crippen molar-refractivity contribution >= 4 is 23.4 Å². The van der Waals surface area contributed by atoms with E-state index in [1.165, 1.54) is 11.8 Å². The standard InChI is InChI=1S/C9H8ClN3OS/c1-5-3-11-8(10)13-7(5)15-9-12-6(2)4-14-9/h3-4H,1-2H3. The summed E-state index contributed by atoms with van der Waals surface area (Å²) in [5.41, 5.74) is 1.79. The van der Waals surface area contributed by atoms with E-state index in [1.54, 1.807) is 12.5 Å². The molecule has 78 valence electrons. The quantitative estimate of drug-likeness (QED) is 0.598. The van der Waals surface area contributed by atoms with Crippen molar-refractivity contribution in [2.45, 2.75) is 24.1 Å². The Bertz CT molecular complexity index is 486. The second-order valence-electron chi connectivity index (χ2n) is 2.98. The molecule has 6 heteroatoms. The maximum absolute atomic E-state index is 5.70. The first-order valence-corrected chi connectivity index (χ1v) is 5.44. The molecule has 0 saturated heterocycles. The van der Waals surface area contributed by atoms with Gasteiger partial charge in [0, 0.05) is 11.8 Å². The number of rotatable bonds is 2. The summed E-state index contributed by atoms with van der Waals surface area (Å²) in [6, 6.07) is 0. The predicted octanol–water partition coefficient (Wildman–Crippen LogP) is 2.89. The van der Waals surface area contributed by atoms with Gasteiger partial charge in [-0.2, -0.15) is 0 Å². The first-order chi connectivity index (χ1) is 7.15. The molecule has 0 saturated carbocycles. The van der Waals surface area contributed by atoms with Crippen LogP contribution in [0.25, 0.3) is 0 Å². The third kappa shape index (κ3) is 2.49. The lowest BCUT2D eigenvalue weighted by molar-refractivity contribution is 0.453. The van der Waals surface area contributed by atoms with Gasteiger partial charge in [-0.3, -0.25) is 0 Å². The Hall–Kier alpha value is -1.07. The third-order valence-electron chi connectivity index (χ3n) is 1.68. The number of aromatic nitrogens is 3. The molecule has 0 N–H and O–H groups in total. The van der Waals surface area contributed by atoms with Crippen LogP contribution >= 0.6 is 23.4 Å². The van der Waals surface area contributed by atoms with Gasteiger partial charge >= 0.3 is 0 Å². The molecule has 2 heterocycles. The van der Waals surface area contributed by atoms with E-state index in [1.807, 2.05) is 13.8 Å². The normalized spacial score (nSPS) is 10.6. The lowest BCUT2D eigenvalue weighted by Crippen LogP contribution is -1.89. The van der Waals surface area contributed by atoms with Crippen molar-refractivity contribution in [3.63, 3.8) is 0 Å². The molecule has 4 nitrogen and oxygen atoms in total. The number of aryl methyl sites for hydroxylation is 2. The molecule has 0 fully saturated rings. The van der Waals surface area contributed by atoms with Crippen molar-refractivity contribution in [3.8, 4) is 0 Å². The molecule has 2 aromatic heterocycles. The Kier molecular flexibility index (Phi) is 2.93. The SMILES string of the molecule is Cc1coc(Sc2nc(Cl)ncc2C)n1. The van der Waals surface area contributed by atoms with Crippen molar-refractivity contribution < 1.29 is 4.42 Å². The Morgan fingerprint density at radius 3 is 2.80 bits per heavy atom. The monoisotopic (exact) mass is 241 g/mol. The van der Waals surface area contributed by atoms with E-state index in [2.05, 4.69) is 15.0 Å². The van der Waals surface area contributed by atoms with E-state index < -0.39 is 0 Å². The molecule has 2 rings (SSSR count). The van der Waals surface area contributed by atoms with Gasteiger partial charge in [-0.1, -0.05) is 0 Å². The molecule has 0 radical (unpaired) electrons. The fraction of sp³-hybridized carbons (Fsp3) is 0.222. The smallest absolute Gasteiger partial charge is 0.262 e. The number of hydrogen-bond donors (Lipinski definition) is 0. The van der Waals surface area contributed by atoms with Crippen LogP contribution in [0.15, 0.2) is 27.1 Å². The van der Waals surface area contributed by atoms with E-state index >= 15 is 0 Å². The van der Waals surface area contributed by atoms with Crippen molar-refractivity contribution in [1.29, 1.82) is 0 Å². The summed E-state index contributed by atoms with van der Waals surface area (Å²) in [5, 5.41) is 1.55. The van der Waals surface area contributed by atoms with Crippen LogP contribution in [0.1, 0.15) is 11.3 Å². The highest BCUT2D eigenvalue weighted by Gasteiger charge is 2.08. The zero-order valence-electron chi connectivity index (χ0n) is 8.19. The van der Waals surface area contributed by atoms with Crippen molar-refractivity contribution in [1.82, 2.24) is 15.0 Å². The van der Waals surface area contributed by atoms with E-state index in [0.717, 1.165) is 16.3 Å². The Labute approximate surface area is 96.1 Å². The molecular weight excluding hydrogens is 234 g/mol. The molecule has 0 bridgehead atoms. The average molecular weight is 242 g/mol. The van der Waals surface area contributed by atoms with Crippen LogP contribution in [-0.2, 0) is 0 Å². The lowest BCUT2D eigenvalue weighted by Gasteiger charge is -2.00. The zero-order chi connectivity index (χ0) is 10.8. The Morgan fingerprint density at radius 1 is 1.33 bits per heavy atom. The van der Waals surface area contributed by atoms with Gasteiger partial charge in [0.15, 0.2) is 0 Å². The first-order valence-electron chi connectivity index (χ1n) is 4.24. The molecule has 0 unspecified atom stereocenters. The first kappa shape index (κ1) is 10.4. The fourth-order valence-electron chi connectivity index (χ4n) is 0.971. The van der Waals surface area contributed by atoms with Crippen molar-refractivity contribution in [2.24, 2.45) is 0 Å². The second kappa shape index (κ2) is 4.20. The molecule has 15 heavy (non-hydrogen) atoms. The summed E-state index contributed by atoms with van der Waals surface area (Å²) >= 11 is 7.04. The summed E-state index contributed by atoms with van der Waals surface area (Å²) in [6.07, 6.45) is 3.27. The van der Waals surface area contributed by atoms with Crippen LogP contribution in [0.5, 0.6) is 0 Å². The molecular formula is C9H8ClN3OS. The minimum absolute atomic E-state index is 0.228. The van der Waals surface area contributed by atoms with Gasteiger partial charge in [0.2, 0.25) is 5.28 Å².